The number of nitrogens with zero attached hydrogens (tertiary/aromatic N) is 1. The van der Waals surface area contributed by atoms with Crippen molar-refractivity contribution in [2.24, 2.45) is 0 Å². The molecule has 1 aliphatic carbocycles. The molecular formula is C31H30ClNO2. The Hall–Kier alpha value is -3.40. The highest BCUT2D eigenvalue weighted by molar-refractivity contribution is 5.94. The van der Waals surface area contributed by atoms with Gasteiger partial charge in [-0.15, -0.1) is 12.4 Å². The largest absolute Gasteiger partial charge is 0.427 e. The minimum absolute atomic E-state index is 0. The average molecular weight is 484 g/mol. The van der Waals surface area contributed by atoms with Crippen molar-refractivity contribution in [2.75, 3.05) is 19.6 Å². The van der Waals surface area contributed by atoms with Gasteiger partial charge in [-0.25, -0.2) is 0 Å². The van der Waals surface area contributed by atoms with Gasteiger partial charge in [-0.05, 0) is 58.4 Å². The maximum absolute atomic E-state index is 11.1. The summed E-state index contributed by atoms with van der Waals surface area (Å²) in [4.78, 5) is 13.6. The van der Waals surface area contributed by atoms with Gasteiger partial charge in [0.2, 0.25) is 0 Å². The number of fused-ring (bicyclic) bond motifs is 2. The number of hydrogen-bond donors (Lipinski definition) is 0. The summed E-state index contributed by atoms with van der Waals surface area (Å²) in [6, 6.07) is 25.1. The number of ether oxygens (including phenoxy) is 1. The van der Waals surface area contributed by atoms with Gasteiger partial charge in [-0.2, -0.15) is 0 Å². The third kappa shape index (κ3) is 5.82. The van der Waals surface area contributed by atoms with E-state index in [1.54, 1.807) is 5.57 Å². The number of rotatable bonds is 4. The molecule has 35 heavy (non-hydrogen) atoms. The predicted octanol–water partition coefficient (Wildman–Crippen LogP) is 7.13. The van der Waals surface area contributed by atoms with Crippen LogP contribution >= 0.6 is 12.4 Å². The second kappa shape index (κ2) is 11.4. The van der Waals surface area contributed by atoms with E-state index in [1.807, 2.05) is 24.3 Å². The number of carbonyl (C=O) groups is 1. The first-order valence-electron chi connectivity index (χ1n) is 11.9. The summed E-state index contributed by atoms with van der Waals surface area (Å²) in [5.74, 6) is 0.285. The lowest BCUT2D eigenvalue weighted by molar-refractivity contribution is -0.131. The topological polar surface area (TPSA) is 29.5 Å². The van der Waals surface area contributed by atoms with Crippen molar-refractivity contribution in [1.29, 1.82) is 0 Å². The van der Waals surface area contributed by atoms with Gasteiger partial charge in [0.05, 0.1) is 0 Å². The van der Waals surface area contributed by atoms with E-state index in [1.165, 1.54) is 34.8 Å². The third-order valence-electron chi connectivity index (χ3n) is 6.53. The van der Waals surface area contributed by atoms with E-state index in [9.17, 15) is 4.79 Å². The van der Waals surface area contributed by atoms with E-state index in [0.29, 0.717) is 5.75 Å². The van der Waals surface area contributed by atoms with E-state index in [2.05, 4.69) is 77.7 Å². The summed E-state index contributed by atoms with van der Waals surface area (Å²) in [7, 11) is 0. The standard InChI is InChI=1S/C31H29NO2.ClH/c1-23(33)34-28-16-12-24(13-17-28)7-6-20-32-21-18-27(19-22-32)31-29-10-4-2-8-25(29)14-15-26-9-3-5-11-30(26)31;/h2-17H,18-22H2,1H3;1H/b7-6+;. The van der Waals surface area contributed by atoms with Crippen LogP contribution in [0.3, 0.4) is 0 Å². The van der Waals surface area contributed by atoms with Crippen molar-refractivity contribution in [1.82, 2.24) is 4.90 Å². The molecule has 178 valence electrons. The number of benzene rings is 3. The Balaban J connectivity index is 0.00000289. The number of likely N-dealkylation sites (tertiary alicyclic amines) is 1. The van der Waals surface area contributed by atoms with Gasteiger partial charge in [0.25, 0.3) is 0 Å². The maximum atomic E-state index is 11.1. The fourth-order valence-electron chi connectivity index (χ4n) is 4.85. The predicted molar refractivity (Wildman–Crippen MR) is 148 cm³/mol. The van der Waals surface area contributed by atoms with Crippen LogP contribution in [0.2, 0.25) is 0 Å². The fourth-order valence-corrected chi connectivity index (χ4v) is 4.85. The average Bonchev–Trinajstić information content (AvgIpc) is 3.02. The lowest BCUT2D eigenvalue weighted by Gasteiger charge is -2.29. The number of carbonyl (C=O) groups excluding carboxylic acids is 1. The first-order valence-corrected chi connectivity index (χ1v) is 11.9. The Kier molecular flexibility index (Phi) is 8.02. The highest BCUT2D eigenvalue weighted by Crippen LogP contribution is 2.38. The summed E-state index contributed by atoms with van der Waals surface area (Å²) in [5, 5.41) is 0. The molecule has 0 atom stereocenters. The molecule has 0 amide bonds. The molecule has 4 heteroatoms. The molecule has 3 nitrogen and oxygen atoms in total. The SMILES string of the molecule is CC(=O)Oc1ccc(/C=C/CN2CCC(=C3c4ccccc4C=Cc4ccccc43)CC2)cc1.Cl. The Labute approximate surface area is 213 Å². The van der Waals surface area contributed by atoms with Gasteiger partial charge >= 0.3 is 5.97 Å². The maximum Gasteiger partial charge on any atom is 0.308 e. The second-order valence-corrected chi connectivity index (χ2v) is 8.85. The molecule has 0 radical (unpaired) electrons. The fraction of sp³-hybridized carbons (Fsp3) is 0.194. The van der Waals surface area contributed by atoms with Crippen molar-refractivity contribution < 1.29 is 9.53 Å². The van der Waals surface area contributed by atoms with Gasteiger partial charge in [-0.3, -0.25) is 9.69 Å². The van der Waals surface area contributed by atoms with E-state index in [-0.39, 0.29) is 18.4 Å². The second-order valence-electron chi connectivity index (χ2n) is 8.85. The zero-order valence-electron chi connectivity index (χ0n) is 19.9. The molecule has 1 saturated heterocycles. The first-order chi connectivity index (χ1) is 16.7. The molecule has 0 saturated carbocycles. The normalized spacial score (nSPS) is 15.2. The molecular weight excluding hydrogens is 454 g/mol. The van der Waals surface area contributed by atoms with Crippen molar-refractivity contribution >= 4 is 42.2 Å². The Morgan fingerprint density at radius 1 is 0.857 bits per heavy atom. The molecule has 0 unspecified atom stereocenters. The van der Waals surface area contributed by atoms with Crippen LogP contribution in [-0.2, 0) is 4.79 Å². The van der Waals surface area contributed by atoms with Crippen molar-refractivity contribution in [3.63, 3.8) is 0 Å². The summed E-state index contributed by atoms with van der Waals surface area (Å²) >= 11 is 0. The van der Waals surface area contributed by atoms with Gasteiger partial charge < -0.3 is 4.74 Å². The van der Waals surface area contributed by atoms with Gasteiger partial charge in [0, 0.05) is 26.6 Å². The van der Waals surface area contributed by atoms with Crippen LogP contribution in [0.15, 0.2) is 84.4 Å². The van der Waals surface area contributed by atoms with Crippen molar-refractivity contribution in [2.45, 2.75) is 19.8 Å². The first kappa shape index (κ1) is 24.7. The summed E-state index contributed by atoms with van der Waals surface area (Å²) in [5.41, 5.74) is 9.39. The third-order valence-corrected chi connectivity index (χ3v) is 6.53. The molecule has 1 heterocycles. The van der Waals surface area contributed by atoms with Gasteiger partial charge in [-0.1, -0.05) is 90.5 Å². The molecule has 1 aliphatic heterocycles. The summed E-state index contributed by atoms with van der Waals surface area (Å²) in [6.07, 6.45) is 11.0. The van der Waals surface area contributed by atoms with Crippen LogP contribution in [0.25, 0.3) is 23.8 Å². The Bertz CT molecular complexity index is 1230. The molecule has 2 aliphatic rings. The number of halogens is 1. The highest BCUT2D eigenvalue weighted by Gasteiger charge is 2.22. The van der Waals surface area contributed by atoms with Crippen LogP contribution in [0.4, 0.5) is 0 Å². The monoisotopic (exact) mass is 483 g/mol. The Morgan fingerprint density at radius 3 is 2.00 bits per heavy atom. The number of hydrogen-bond acceptors (Lipinski definition) is 3. The van der Waals surface area contributed by atoms with Crippen LogP contribution in [0.1, 0.15) is 47.6 Å². The summed E-state index contributed by atoms with van der Waals surface area (Å²) in [6.45, 7) is 4.47. The van der Waals surface area contributed by atoms with E-state index >= 15 is 0 Å². The Morgan fingerprint density at radius 2 is 1.43 bits per heavy atom. The quantitative estimate of drug-likeness (QED) is 0.228. The molecule has 5 rings (SSSR count). The molecule has 3 aromatic rings. The van der Waals surface area contributed by atoms with Crippen LogP contribution in [-0.4, -0.2) is 30.5 Å². The van der Waals surface area contributed by atoms with Crippen molar-refractivity contribution in [3.05, 3.63) is 112 Å². The number of esters is 1. The molecule has 0 bridgehead atoms. The van der Waals surface area contributed by atoms with Crippen LogP contribution < -0.4 is 4.74 Å². The zero-order chi connectivity index (χ0) is 23.3. The van der Waals surface area contributed by atoms with E-state index in [4.69, 9.17) is 4.74 Å². The van der Waals surface area contributed by atoms with Gasteiger partial charge in [0.1, 0.15) is 5.75 Å². The van der Waals surface area contributed by atoms with Crippen LogP contribution in [0.5, 0.6) is 5.75 Å². The van der Waals surface area contributed by atoms with Crippen LogP contribution in [0, 0.1) is 0 Å². The number of piperidine rings is 1. The minimum Gasteiger partial charge on any atom is -0.427 e. The zero-order valence-corrected chi connectivity index (χ0v) is 20.8. The van der Waals surface area contributed by atoms with E-state index < -0.39 is 0 Å². The molecule has 0 N–H and O–H groups in total. The minimum atomic E-state index is -0.296. The molecule has 0 aromatic heterocycles. The van der Waals surface area contributed by atoms with E-state index in [0.717, 1.165) is 38.0 Å². The highest BCUT2D eigenvalue weighted by atomic mass is 35.5. The lowest BCUT2D eigenvalue weighted by Crippen LogP contribution is -2.31. The lowest BCUT2D eigenvalue weighted by atomic mass is 9.86. The van der Waals surface area contributed by atoms with Gasteiger partial charge in [0.15, 0.2) is 0 Å². The van der Waals surface area contributed by atoms with Crippen molar-refractivity contribution in [3.8, 4) is 5.75 Å². The molecule has 3 aromatic carbocycles. The molecule has 0 spiro atoms. The smallest absolute Gasteiger partial charge is 0.308 e. The summed E-state index contributed by atoms with van der Waals surface area (Å²) < 4.78 is 5.10. The molecule has 1 fully saturated rings.